The van der Waals surface area contributed by atoms with Crippen molar-refractivity contribution in [1.82, 2.24) is 19.6 Å². The number of halogens is 2. The average molecular weight is 770 g/mol. The molecule has 0 saturated carbocycles. The summed E-state index contributed by atoms with van der Waals surface area (Å²) in [7, 11) is 3.38. The molecule has 2 aliphatic rings. The number of carbonyl (C=O) groups is 2. The molecule has 2 aromatic carbocycles. The maximum absolute atomic E-state index is 12.8. The van der Waals surface area contributed by atoms with Crippen molar-refractivity contribution in [1.29, 1.82) is 0 Å². The van der Waals surface area contributed by atoms with Crippen LogP contribution in [0.3, 0.4) is 0 Å². The first-order valence-corrected chi connectivity index (χ1v) is 18.4. The van der Waals surface area contributed by atoms with Gasteiger partial charge < -0.3 is 19.3 Å². The molecule has 53 heavy (non-hydrogen) atoms. The fourth-order valence-corrected chi connectivity index (χ4v) is 6.34. The molecule has 0 aromatic heterocycles. The van der Waals surface area contributed by atoms with Gasteiger partial charge in [0, 0.05) is 75.6 Å². The first-order valence-electron chi connectivity index (χ1n) is 18.4. The van der Waals surface area contributed by atoms with Gasteiger partial charge in [0.15, 0.2) is 0 Å². The van der Waals surface area contributed by atoms with E-state index in [1.807, 2.05) is 46.3 Å². The standard InChI is InChI=1S/C43H60N4O4.2ClH/c1-42(2,3)36-20-18-34(38(32-36)50-7)14-9-11-16-40(48)46-28-24-44(25-29-46)22-13-23-45-26-30-47(31-27-45)41(49)17-12-10-15-35-19-21-37(43(4,5)6)33-39(35)51-8;;/h9-12,14-21,32-33H,13,22-31H2,1-8H3;2*1H/b14-9+,15-10+,16-11+,17-12+;;. The number of benzene rings is 2. The quantitative estimate of drug-likeness (QED) is 0.163. The number of piperazine rings is 2. The van der Waals surface area contributed by atoms with Crippen molar-refractivity contribution in [3.8, 4) is 11.5 Å². The Kier molecular flexibility index (Phi) is 18.4. The van der Waals surface area contributed by atoms with Crippen LogP contribution in [0.5, 0.6) is 11.5 Å². The second kappa shape index (κ2) is 21.4. The summed E-state index contributed by atoms with van der Waals surface area (Å²) < 4.78 is 11.2. The Morgan fingerprint density at radius 3 is 1.26 bits per heavy atom. The molecule has 2 amide bonds. The van der Waals surface area contributed by atoms with E-state index in [4.69, 9.17) is 9.47 Å². The highest BCUT2D eigenvalue weighted by atomic mass is 35.5. The van der Waals surface area contributed by atoms with Crippen molar-refractivity contribution in [3.63, 3.8) is 0 Å². The van der Waals surface area contributed by atoms with Gasteiger partial charge in [-0.15, -0.1) is 24.8 Å². The lowest BCUT2D eigenvalue weighted by atomic mass is 9.86. The van der Waals surface area contributed by atoms with Crippen LogP contribution in [0.25, 0.3) is 12.2 Å². The number of carbonyl (C=O) groups excluding carboxylic acids is 2. The molecule has 4 rings (SSSR count). The normalized spacial score (nSPS) is 16.4. The minimum atomic E-state index is 0. The molecule has 2 saturated heterocycles. The highest BCUT2D eigenvalue weighted by Crippen LogP contribution is 2.30. The van der Waals surface area contributed by atoms with Gasteiger partial charge in [-0.3, -0.25) is 19.4 Å². The van der Waals surface area contributed by atoms with Crippen molar-refractivity contribution >= 4 is 48.8 Å². The van der Waals surface area contributed by atoms with Gasteiger partial charge in [0.05, 0.1) is 14.2 Å². The number of rotatable bonds is 12. The van der Waals surface area contributed by atoms with Gasteiger partial charge in [-0.1, -0.05) is 102 Å². The third-order valence-corrected chi connectivity index (χ3v) is 9.77. The van der Waals surface area contributed by atoms with E-state index in [0.717, 1.165) is 94.5 Å². The zero-order chi connectivity index (χ0) is 37.0. The number of hydrogen-bond acceptors (Lipinski definition) is 6. The summed E-state index contributed by atoms with van der Waals surface area (Å²) in [4.78, 5) is 34.4. The maximum atomic E-state index is 12.8. The van der Waals surface area contributed by atoms with Gasteiger partial charge in [0.25, 0.3) is 0 Å². The van der Waals surface area contributed by atoms with Crippen LogP contribution in [0.2, 0.25) is 0 Å². The van der Waals surface area contributed by atoms with E-state index in [1.165, 1.54) is 11.1 Å². The summed E-state index contributed by atoms with van der Waals surface area (Å²) in [6.45, 7) is 21.7. The molecule has 0 spiro atoms. The lowest BCUT2D eigenvalue weighted by molar-refractivity contribution is -0.128. The highest BCUT2D eigenvalue weighted by molar-refractivity contribution is 5.88. The molecule has 2 aromatic rings. The van der Waals surface area contributed by atoms with Crippen molar-refractivity contribution in [2.75, 3.05) is 79.7 Å². The predicted molar refractivity (Wildman–Crippen MR) is 225 cm³/mol. The van der Waals surface area contributed by atoms with Crippen molar-refractivity contribution in [2.24, 2.45) is 0 Å². The van der Waals surface area contributed by atoms with Gasteiger partial charge in [0.1, 0.15) is 11.5 Å². The highest BCUT2D eigenvalue weighted by Gasteiger charge is 2.22. The van der Waals surface area contributed by atoms with Gasteiger partial charge in [-0.2, -0.15) is 0 Å². The average Bonchev–Trinajstić information content (AvgIpc) is 3.11. The molecule has 2 heterocycles. The molecule has 8 nitrogen and oxygen atoms in total. The zero-order valence-corrected chi connectivity index (χ0v) is 34.7. The number of allylic oxidation sites excluding steroid dienone is 4. The van der Waals surface area contributed by atoms with E-state index < -0.39 is 0 Å². The molecule has 10 heteroatoms. The Labute approximate surface area is 331 Å². The van der Waals surface area contributed by atoms with Crippen LogP contribution in [0.1, 0.15) is 70.2 Å². The summed E-state index contributed by atoms with van der Waals surface area (Å²) in [6, 6.07) is 12.6. The fourth-order valence-electron chi connectivity index (χ4n) is 6.34. The third-order valence-electron chi connectivity index (χ3n) is 9.77. The van der Waals surface area contributed by atoms with Crippen LogP contribution in [0.15, 0.2) is 72.9 Å². The van der Waals surface area contributed by atoms with Gasteiger partial charge in [-0.25, -0.2) is 0 Å². The molecular formula is C43H62Cl2N4O4. The number of hydrogen-bond donors (Lipinski definition) is 0. The van der Waals surface area contributed by atoms with Crippen LogP contribution < -0.4 is 9.47 Å². The molecule has 2 fully saturated rings. The van der Waals surface area contributed by atoms with Crippen molar-refractivity contribution < 1.29 is 19.1 Å². The topological polar surface area (TPSA) is 65.6 Å². The molecule has 0 N–H and O–H groups in total. The Bertz CT molecular complexity index is 1470. The minimum Gasteiger partial charge on any atom is -0.496 e. The Morgan fingerprint density at radius 2 is 0.943 bits per heavy atom. The van der Waals surface area contributed by atoms with Gasteiger partial charge in [0.2, 0.25) is 11.8 Å². The minimum absolute atomic E-state index is 0. The first-order chi connectivity index (χ1) is 24.3. The predicted octanol–water partition coefficient (Wildman–Crippen LogP) is 7.66. The lowest BCUT2D eigenvalue weighted by Gasteiger charge is -2.36. The summed E-state index contributed by atoms with van der Waals surface area (Å²) >= 11 is 0. The second-order valence-electron chi connectivity index (χ2n) is 15.5. The van der Waals surface area contributed by atoms with E-state index >= 15 is 0 Å². The Hall–Kier alpha value is -3.56. The summed E-state index contributed by atoms with van der Waals surface area (Å²) in [5.74, 6) is 1.78. The summed E-state index contributed by atoms with van der Waals surface area (Å²) in [5.41, 5.74) is 4.54. The molecule has 0 unspecified atom stereocenters. The molecule has 0 bridgehead atoms. The summed E-state index contributed by atoms with van der Waals surface area (Å²) in [5, 5.41) is 0. The smallest absolute Gasteiger partial charge is 0.246 e. The lowest BCUT2D eigenvalue weighted by Crippen LogP contribution is -2.50. The monoisotopic (exact) mass is 768 g/mol. The maximum Gasteiger partial charge on any atom is 0.246 e. The van der Waals surface area contributed by atoms with E-state index in [9.17, 15) is 9.59 Å². The molecule has 2 aliphatic heterocycles. The van der Waals surface area contributed by atoms with Gasteiger partial charge >= 0.3 is 0 Å². The van der Waals surface area contributed by atoms with E-state index in [-0.39, 0.29) is 47.5 Å². The van der Waals surface area contributed by atoms with Crippen LogP contribution in [-0.4, -0.2) is 111 Å². The van der Waals surface area contributed by atoms with Crippen LogP contribution in [-0.2, 0) is 20.4 Å². The van der Waals surface area contributed by atoms with Crippen molar-refractivity contribution in [3.05, 3.63) is 95.1 Å². The van der Waals surface area contributed by atoms with Gasteiger partial charge in [-0.05, 0) is 53.6 Å². The first kappa shape index (κ1) is 45.6. The summed E-state index contributed by atoms with van der Waals surface area (Å²) in [6.07, 6.45) is 15.8. The van der Waals surface area contributed by atoms with Crippen LogP contribution in [0, 0.1) is 0 Å². The zero-order valence-electron chi connectivity index (χ0n) is 33.1. The fraction of sp³-hybridized carbons (Fsp3) is 0.488. The molecular weight excluding hydrogens is 707 g/mol. The SMILES string of the molecule is COc1cc(C(C)(C)C)ccc1/C=C/C=C/C(=O)N1CCN(CCCN2CCN(C(=O)/C=C/C=C/c3ccc(C(C)(C)C)cc3OC)CC2)CC1.Cl.Cl. The molecule has 0 radical (unpaired) electrons. The third kappa shape index (κ3) is 14.0. The number of ether oxygens (including phenoxy) is 2. The molecule has 292 valence electrons. The largest absolute Gasteiger partial charge is 0.496 e. The molecule has 0 atom stereocenters. The van der Waals surface area contributed by atoms with Crippen molar-refractivity contribution in [2.45, 2.75) is 58.8 Å². The second-order valence-corrected chi connectivity index (χ2v) is 15.5. The van der Waals surface area contributed by atoms with E-state index in [2.05, 4.69) is 87.7 Å². The van der Waals surface area contributed by atoms with E-state index in [1.54, 1.807) is 26.4 Å². The Balaban J connectivity index is 0.00000486. The number of amides is 2. The number of nitrogens with zero attached hydrogens (tertiary/aromatic N) is 4. The van der Waals surface area contributed by atoms with Crippen LogP contribution in [0.4, 0.5) is 0 Å². The Morgan fingerprint density at radius 1 is 0.585 bits per heavy atom. The van der Waals surface area contributed by atoms with E-state index in [0.29, 0.717) is 0 Å². The number of methoxy groups -OCH3 is 2. The van der Waals surface area contributed by atoms with Crippen LogP contribution >= 0.6 is 24.8 Å². The molecule has 0 aliphatic carbocycles.